The Morgan fingerprint density at radius 2 is 2.04 bits per heavy atom. The van der Waals surface area contributed by atoms with Crippen LogP contribution in [0.25, 0.3) is 11.0 Å². The maximum atomic E-state index is 12.7. The summed E-state index contributed by atoms with van der Waals surface area (Å²) in [6.45, 7) is 0.534. The molecule has 3 aromatic rings. The van der Waals surface area contributed by atoms with E-state index in [1.165, 1.54) is 0 Å². The molecule has 1 amide bonds. The van der Waals surface area contributed by atoms with Crippen LogP contribution in [0.15, 0.2) is 48.5 Å². The van der Waals surface area contributed by atoms with Crippen LogP contribution in [0.1, 0.15) is 18.2 Å². The lowest BCUT2D eigenvalue weighted by Gasteiger charge is -2.22. The summed E-state index contributed by atoms with van der Waals surface area (Å²) in [6, 6.07) is 14.7. The lowest BCUT2D eigenvalue weighted by Crippen LogP contribution is -2.34. The van der Waals surface area contributed by atoms with E-state index in [2.05, 4.69) is 10.3 Å². The smallest absolute Gasteiger partial charge is 0.242 e. The van der Waals surface area contributed by atoms with E-state index in [4.69, 9.17) is 4.74 Å². The summed E-state index contributed by atoms with van der Waals surface area (Å²) in [5, 5.41) is 2.81. The monoisotopic (exact) mass is 335 g/mol. The van der Waals surface area contributed by atoms with Crippen LogP contribution in [0.5, 0.6) is 5.75 Å². The third-order valence-electron chi connectivity index (χ3n) is 4.45. The molecule has 2 aromatic carbocycles. The highest BCUT2D eigenvalue weighted by Gasteiger charge is 2.36. The minimum atomic E-state index is -0.896. The Kier molecular flexibility index (Phi) is 3.72. The minimum Gasteiger partial charge on any atom is -0.497 e. The number of aryl methyl sites for hydroxylation is 1. The number of carbonyl (C=O) groups is 2. The van der Waals surface area contributed by atoms with Crippen molar-refractivity contribution in [1.29, 1.82) is 0 Å². The summed E-state index contributed by atoms with van der Waals surface area (Å²) in [5.41, 5.74) is 2.29. The Balaban J connectivity index is 1.74. The van der Waals surface area contributed by atoms with Crippen LogP contribution in [-0.2, 0) is 16.1 Å². The number of nitrogens with zero attached hydrogens (tertiary/aromatic N) is 2. The summed E-state index contributed by atoms with van der Waals surface area (Å²) in [7, 11) is 1.59. The molecule has 25 heavy (non-hydrogen) atoms. The van der Waals surface area contributed by atoms with Gasteiger partial charge in [-0.25, -0.2) is 4.98 Å². The van der Waals surface area contributed by atoms with Crippen molar-refractivity contribution in [3.63, 3.8) is 0 Å². The zero-order chi connectivity index (χ0) is 17.4. The predicted octanol–water partition coefficient (Wildman–Crippen LogP) is 2.74. The molecule has 1 aliphatic rings. The summed E-state index contributed by atoms with van der Waals surface area (Å²) < 4.78 is 7.18. The molecule has 1 unspecified atom stereocenters. The van der Waals surface area contributed by atoms with Crippen molar-refractivity contribution in [2.45, 2.75) is 18.9 Å². The Labute approximate surface area is 144 Å². The number of imidazole rings is 1. The number of aromatic nitrogens is 2. The van der Waals surface area contributed by atoms with E-state index in [1.807, 2.05) is 41.0 Å². The van der Waals surface area contributed by atoms with Gasteiger partial charge in [-0.15, -0.1) is 0 Å². The van der Waals surface area contributed by atoms with E-state index in [1.54, 1.807) is 19.2 Å². The van der Waals surface area contributed by atoms with Gasteiger partial charge >= 0.3 is 0 Å². The highest BCUT2D eigenvalue weighted by atomic mass is 16.5. The van der Waals surface area contributed by atoms with Crippen molar-refractivity contribution in [3.8, 4) is 5.75 Å². The molecule has 1 N–H and O–H groups in total. The van der Waals surface area contributed by atoms with E-state index in [0.29, 0.717) is 30.2 Å². The number of Topliss-reactive ketones (excluding diaryl/α,β-unsaturated/α-hetero) is 1. The van der Waals surface area contributed by atoms with Crippen LogP contribution in [0, 0.1) is 0 Å². The topological polar surface area (TPSA) is 73.2 Å². The number of hydrogen-bond acceptors (Lipinski definition) is 4. The molecule has 0 fully saturated rings. The van der Waals surface area contributed by atoms with Crippen molar-refractivity contribution in [2.24, 2.45) is 0 Å². The molecule has 0 radical (unpaired) electrons. The summed E-state index contributed by atoms with van der Waals surface area (Å²) in [6.07, 6.45) is 0.317. The Morgan fingerprint density at radius 1 is 1.24 bits per heavy atom. The number of amides is 1. The van der Waals surface area contributed by atoms with Crippen molar-refractivity contribution >= 4 is 28.4 Å². The number of anilines is 1. The first-order valence-electron chi connectivity index (χ1n) is 8.10. The number of para-hydroxylation sites is 1. The first kappa shape index (κ1) is 15.4. The van der Waals surface area contributed by atoms with Crippen LogP contribution in [0.2, 0.25) is 0 Å². The molecule has 2 heterocycles. The summed E-state index contributed by atoms with van der Waals surface area (Å²) >= 11 is 0. The molecule has 0 aliphatic carbocycles. The van der Waals surface area contributed by atoms with Gasteiger partial charge in [-0.05, 0) is 24.3 Å². The normalized spacial score (nSPS) is 16.5. The molecule has 0 bridgehead atoms. The van der Waals surface area contributed by atoms with Gasteiger partial charge in [0.1, 0.15) is 11.6 Å². The molecule has 1 atom stereocenters. The average molecular weight is 335 g/mol. The number of hydrogen-bond donors (Lipinski definition) is 1. The van der Waals surface area contributed by atoms with Crippen molar-refractivity contribution in [1.82, 2.24) is 9.55 Å². The number of ketones is 1. The number of methoxy groups -OCH3 is 1. The zero-order valence-electron chi connectivity index (χ0n) is 13.7. The van der Waals surface area contributed by atoms with Gasteiger partial charge in [0, 0.05) is 24.7 Å². The van der Waals surface area contributed by atoms with Crippen LogP contribution in [0.3, 0.4) is 0 Å². The molecular weight excluding hydrogens is 318 g/mol. The third kappa shape index (κ3) is 2.65. The van der Waals surface area contributed by atoms with Crippen molar-refractivity contribution < 1.29 is 14.3 Å². The number of nitrogens with one attached hydrogen (secondary N) is 1. The molecule has 6 heteroatoms. The van der Waals surface area contributed by atoms with E-state index in [-0.39, 0.29) is 11.7 Å². The number of ether oxygens (including phenoxy) is 1. The molecule has 1 aromatic heterocycles. The first-order valence-corrected chi connectivity index (χ1v) is 8.10. The second kappa shape index (κ2) is 6.05. The fourth-order valence-corrected chi connectivity index (χ4v) is 3.22. The van der Waals surface area contributed by atoms with E-state index < -0.39 is 5.92 Å². The van der Waals surface area contributed by atoms with Gasteiger partial charge in [-0.3, -0.25) is 9.59 Å². The van der Waals surface area contributed by atoms with E-state index in [9.17, 15) is 9.59 Å². The quantitative estimate of drug-likeness (QED) is 0.747. The number of rotatable bonds is 3. The molecule has 0 saturated carbocycles. The first-order chi connectivity index (χ1) is 12.2. The molecule has 0 saturated heterocycles. The van der Waals surface area contributed by atoms with Gasteiger partial charge in [0.15, 0.2) is 11.7 Å². The lowest BCUT2D eigenvalue weighted by atomic mass is 9.96. The number of fused-ring (bicyclic) bond motifs is 3. The molecule has 126 valence electrons. The van der Waals surface area contributed by atoms with Gasteiger partial charge in [-0.2, -0.15) is 0 Å². The third-order valence-corrected chi connectivity index (χ3v) is 4.45. The second-order valence-corrected chi connectivity index (χ2v) is 5.98. The number of carbonyl (C=O) groups excluding carboxylic acids is 2. The predicted molar refractivity (Wildman–Crippen MR) is 93.7 cm³/mol. The maximum absolute atomic E-state index is 12.7. The van der Waals surface area contributed by atoms with E-state index in [0.717, 1.165) is 11.0 Å². The molecule has 1 aliphatic heterocycles. The van der Waals surface area contributed by atoms with Crippen LogP contribution in [0.4, 0.5) is 5.69 Å². The lowest BCUT2D eigenvalue weighted by molar-refractivity contribution is -0.128. The molecule has 6 nitrogen and oxygen atoms in total. The van der Waals surface area contributed by atoms with Crippen molar-refractivity contribution in [2.75, 3.05) is 12.4 Å². The molecule has 0 spiro atoms. The fourth-order valence-electron chi connectivity index (χ4n) is 3.22. The van der Waals surface area contributed by atoms with Gasteiger partial charge in [0.05, 0.1) is 18.1 Å². The zero-order valence-corrected chi connectivity index (χ0v) is 13.7. The number of benzene rings is 2. The Morgan fingerprint density at radius 3 is 2.80 bits per heavy atom. The summed E-state index contributed by atoms with van der Waals surface area (Å²) in [5.74, 6) is -0.164. The Hall–Kier alpha value is -3.15. The largest absolute Gasteiger partial charge is 0.497 e. The van der Waals surface area contributed by atoms with Crippen molar-refractivity contribution in [3.05, 3.63) is 54.4 Å². The maximum Gasteiger partial charge on any atom is 0.242 e. The minimum absolute atomic E-state index is 0.108. The SMILES string of the molecule is COc1ccc2c(c1)nc1n2CCC(=O)C1C(=O)Nc1ccccc1. The average Bonchev–Trinajstić information content (AvgIpc) is 2.99. The van der Waals surface area contributed by atoms with Gasteiger partial charge in [0.25, 0.3) is 0 Å². The van der Waals surface area contributed by atoms with Crippen LogP contribution < -0.4 is 10.1 Å². The molecule has 4 rings (SSSR count). The fraction of sp³-hybridized carbons (Fsp3) is 0.211. The molecular formula is C19H17N3O3. The van der Waals surface area contributed by atoms with Gasteiger partial charge in [0.2, 0.25) is 5.91 Å². The van der Waals surface area contributed by atoms with E-state index >= 15 is 0 Å². The second-order valence-electron chi connectivity index (χ2n) is 5.98. The van der Waals surface area contributed by atoms with Crippen LogP contribution >= 0.6 is 0 Å². The van der Waals surface area contributed by atoms with Gasteiger partial charge < -0.3 is 14.6 Å². The Bertz CT molecular complexity index is 963. The highest BCUT2D eigenvalue weighted by Crippen LogP contribution is 2.31. The van der Waals surface area contributed by atoms with Crippen LogP contribution in [-0.4, -0.2) is 28.4 Å². The standard InChI is InChI=1S/C19H17N3O3/c1-25-13-7-8-15-14(11-13)21-18-17(16(23)9-10-22(15)18)19(24)20-12-5-3-2-4-6-12/h2-8,11,17H,9-10H2,1H3,(H,20,24). The summed E-state index contributed by atoms with van der Waals surface area (Å²) in [4.78, 5) is 29.7. The van der Waals surface area contributed by atoms with Gasteiger partial charge in [-0.1, -0.05) is 18.2 Å². The highest BCUT2D eigenvalue weighted by molar-refractivity contribution is 6.12.